The molecule has 0 unspecified atom stereocenters. The Labute approximate surface area is 196 Å². The Morgan fingerprint density at radius 3 is 2.29 bits per heavy atom. The first-order chi connectivity index (χ1) is 16.0. The van der Waals surface area contributed by atoms with Gasteiger partial charge >= 0.3 is 11.5 Å². The van der Waals surface area contributed by atoms with Crippen molar-refractivity contribution < 1.29 is 31.2 Å². The number of hydrogen-bond acceptors (Lipinski definition) is 5. The minimum Gasteiger partial charge on any atom is -0.305 e. The van der Waals surface area contributed by atoms with Crippen LogP contribution in [0.2, 0.25) is 5.15 Å². The average Bonchev–Trinajstić information content (AvgIpc) is 3.55. The number of imide groups is 1. The fourth-order valence-corrected chi connectivity index (χ4v) is 5.17. The van der Waals surface area contributed by atoms with E-state index in [1.54, 1.807) is 18.2 Å². The SMILES string of the molecule is O=C1N(c2ccc(S(=O)(=O)C(F)(F)F)cc2)C(=O)C2(CC2)N1Cc1cc(Cl)nc2ccccc12. The second-order valence-electron chi connectivity index (χ2n) is 8.11. The summed E-state index contributed by atoms with van der Waals surface area (Å²) < 4.78 is 61.7. The van der Waals surface area contributed by atoms with Crippen LogP contribution in [-0.2, 0) is 21.2 Å². The Hall–Kier alpha value is -3.18. The summed E-state index contributed by atoms with van der Waals surface area (Å²) in [6.07, 6.45) is 0.872. The number of aromatic nitrogens is 1. The van der Waals surface area contributed by atoms with Crippen LogP contribution in [0.1, 0.15) is 18.4 Å². The first-order valence-electron chi connectivity index (χ1n) is 10.1. The van der Waals surface area contributed by atoms with E-state index >= 15 is 0 Å². The molecular formula is C22H15ClF3N3O4S. The van der Waals surface area contributed by atoms with Crippen molar-refractivity contribution in [2.24, 2.45) is 0 Å². The van der Waals surface area contributed by atoms with Gasteiger partial charge in [-0.15, -0.1) is 0 Å². The number of hydrogen-bond donors (Lipinski definition) is 0. The molecule has 0 bridgehead atoms. The summed E-state index contributed by atoms with van der Waals surface area (Å²) >= 11 is 6.15. The van der Waals surface area contributed by atoms with Gasteiger partial charge in [0.15, 0.2) is 0 Å². The molecule has 2 heterocycles. The summed E-state index contributed by atoms with van der Waals surface area (Å²) in [4.78, 5) is 32.1. The van der Waals surface area contributed by atoms with E-state index < -0.39 is 37.7 Å². The molecule has 34 heavy (non-hydrogen) atoms. The van der Waals surface area contributed by atoms with E-state index in [1.165, 1.54) is 4.90 Å². The lowest BCUT2D eigenvalue weighted by atomic mass is 10.1. The molecule has 1 aromatic heterocycles. The van der Waals surface area contributed by atoms with Crippen LogP contribution >= 0.6 is 11.6 Å². The highest BCUT2D eigenvalue weighted by Crippen LogP contribution is 2.50. The van der Waals surface area contributed by atoms with Gasteiger partial charge in [-0.05, 0) is 54.8 Å². The number of carbonyl (C=O) groups excluding carboxylic acids is 2. The molecule has 3 amide bonds. The molecule has 0 N–H and O–H groups in total. The fourth-order valence-electron chi connectivity index (χ4n) is 4.18. The third-order valence-corrected chi connectivity index (χ3v) is 7.77. The molecule has 2 fully saturated rings. The van der Waals surface area contributed by atoms with Crippen molar-refractivity contribution in [3.8, 4) is 0 Å². The Balaban J connectivity index is 1.49. The molecule has 0 radical (unpaired) electrons. The molecule has 5 rings (SSSR count). The number of fused-ring (bicyclic) bond motifs is 1. The maximum Gasteiger partial charge on any atom is 0.501 e. The zero-order valence-electron chi connectivity index (χ0n) is 17.2. The largest absolute Gasteiger partial charge is 0.501 e. The van der Waals surface area contributed by atoms with E-state index in [-0.39, 0.29) is 17.4 Å². The Morgan fingerprint density at radius 1 is 1.03 bits per heavy atom. The minimum atomic E-state index is -5.55. The molecule has 1 aliphatic heterocycles. The number of para-hydroxylation sites is 1. The normalized spacial score (nSPS) is 17.8. The average molecular weight is 510 g/mol. The number of urea groups is 1. The van der Waals surface area contributed by atoms with Gasteiger partial charge in [0, 0.05) is 11.9 Å². The fraction of sp³-hybridized carbons (Fsp3) is 0.227. The summed E-state index contributed by atoms with van der Waals surface area (Å²) in [6, 6.07) is 11.7. The lowest BCUT2D eigenvalue weighted by molar-refractivity contribution is -0.120. The van der Waals surface area contributed by atoms with Crippen LogP contribution in [-0.4, -0.2) is 41.3 Å². The van der Waals surface area contributed by atoms with E-state index in [9.17, 15) is 31.2 Å². The lowest BCUT2D eigenvalue weighted by Crippen LogP contribution is -2.36. The van der Waals surface area contributed by atoms with Crippen molar-refractivity contribution in [3.63, 3.8) is 0 Å². The monoisotopic (exact) mass is 509 g/mol. The number of nitrogens with zero attached hydrogens (tertiary/aromatic N) is 3. The second kappa shape index (κ2) is 7.41. The van der Waals surface area contributed by atoms with Gasteiger partial charge in [-0.2, -0.15) is 13.2 Å². The van der Waals surface area contributed by atoms with Gasteiger partial charge in [0.1, 0.15) is 10.7 Å². The third kappa shape index (κ3) is 3.33. The van der Waals surface area contributed by atoms with Crippen LogP contribution in [0.4, 0.5) is 23.7 Å². The molecule has 12 heteroatoms. The van der Waals surface area contributed by atoms with Crippen molar-refractivity contribution in [1.82, 2.24) is 9.88 Å². The van der Waals surface area contributed by atoms with Gasteiger partial charge in [0.25, 0.3) is 15.7 Å². The highest BCUT2D eigenvalue weighted by molar-refractivity contribution is 7.92. The van der Waals surface area contributed by atoms with E-state index in [2.05, 4.69) is 4.98 Å². The summed E-state index contributed by atoms with van der Waals surface area (Å²) in [5.41, 5.74) is -5.20. The molecule has 1 aliphatic carbocycles. The van der Waals surface area contributed by atoms with Gasteiger partial charge in [0.05, 0.1) is 16.1 Å². The number of alkyl halides is 3. The van der Waals surface area contributed by atoms with Crippen LogP contribution in [0.15, 0.2) is 59.5 Å². The quantitative estimate of drug-likeness (QED) is 0.376. The smallest absolute Gasteiger partial charge is 0.305 e. The number of pyridine rings is 1. The summed E-state index contributed by atoms with van der Waals surface area (Å²) in [5.74, 6) is -0.506. The molecule has 7 nitrogen and oxygen atoms in total. The molecule has 0 atom stereocenters. The van der Waals surface area contributed by atoms with Gasteiger partial charge in [-0.25, -0.2) is 23.1 Å². The standard InChI is InChI=1S/C22H15ClF3N3O4S/c23-18-11-13(16-3-1-2-4-17(16)27-18)12-28-20(31)29(19(30)21(28)9-10-21)14-5-7-15(8-6-14)34(32,33)22(24,25)26/h1-8,11H,9-10,12H2. The summed E-state index contributed by atoms with van der Waals surface area (Å²) in [7, 11) is -5.55. The van der Waals surface area contributed by atoms with Gasteiger partial charge in [-0.1, -0.05) is 29.8 Å². The molecule has 1 saturated carbocycles. The molecule has 2 aliphatic rings. The number of amides is 3. The van der Waals surface area contributed by atoms with Crippen LogP contribution in [0.5, 0.6) is 0 Å². The highest BCUT2D eigenvalue weighted by Gasteiger charge is 2.65. The van der Waals surface area contributed by atoms with Crippen molar-refractivity contribution in [2.45, 2.75) is 35.3 Å². The van der Waals surface area contributed by atoms with Crippen LogP contribution in [0.25, 0.3) is 10.9 Å². The number of anilines is 1. The van der Waals surface area contributed by atoms with E-state index in [0.29, 0.717) is 23.9 Å². The van der Waals surface area contributed by atoms with Crippen molar-refractivity contribution in [2.75, 3.05) is 4.90 Å². The first-order valence-corrected chi connectivity index (χ1v) is 11.9. The van der Waals surface area contributed by atoms with E-state index in [4.69, 9.17) is 11.6 Å². The van der Waals surface area contributed by atoms with Gasteiger partial charge in [-0.3, -0.25) is 4.79 Å². The maximum atomic E-state index is 13.3. The third-order valence-electron chi connectivity index (χ3n) is 6.07. The number of halogens is 4. The van der Waals surface area contributed by atoms with Gasteiger partial charge < -0.3 is 4.90 Å². The van der Waals surface area contributed by atoms with Crippen molar-refractivity contribution in [3.05, 3.63) is 65.3 Å². The van der Waals surface area contributed by atoms with Crippen molar-refractivity contribution >= 4 is 50.0 Å². The summed E-state index contributed by atoms with van der Waals surface area (Å²) in [5, 5.41) is 0.998. The Kier molecular flexibility index (Phi) is 4.93. The lowest BCUT2D eigenvalue weighted by Gasteiger charge is -2.22. The Morgan fingerprint density at radius 2 is 1.68 bits per heavy atom. The molecule has 2 aromatic carbocycles. The predicted octanol–water partition coefficient (Wildman–Crippen LogP) is 4.68. The number of benzene rings is 2. The Bertz CT molecular complexity index is 1450. The molecule has 176 valence electrons. The topological polar surface area (TPSA) is 87.7 Å². The summed E-state index contributed by atoms with van der Waals surface area (Å²) in [6.45, 7) is 0.0738. The number of rotatable bonds is 4. The zero-order chi connectivity index (χ0) is 24.5. The van der Waals surface area contributed by atoms with E-state index in [1.807, 2.05) is 12.1 Å². The van der Waals surface area contributed by atoms with Crippen LogP contribution < -0.4 is 4.90 Å². The zero-order valence-corrected chi connectivity index (χ0v) is 18.8. The molecule has 1 saturated heterocycles. The maximum absolute atomic E-state index is 13.3. The molecule has 3 aromatic rings. The second-order valence-corrected chi connectivity index (χ2v) is 10.4. The van der Waals surface area contributed by atoms with Crippen molar-refractivity contribution in [1.29, 1.82) is 0 Å². The first kappa shape index (κ1) is 22.6. The molecule has 1 spiro atoms. The minimum absolute atomic E-state index is 0.0116. The predicted molar refractivity (Wildman–Crippen MR) is 117 cm³/mol. The number of sulfone groups is 1. The highest BCUT2D eigenvalue weighted by atomic mass is 35.5. The van der Waals surface area contributed by atoms with E-state index in [0.717, 1.165) is 34.6 Å². The number of carbonyl (C=O) groups is 2. The van der Waals surface area contributed by atoms with Crippen LogP contribution in [0.3, 0.4) is 0 Å². The molecular weight excluding hydrogens is 495 g/mol. The van der Waals surface area contributed by atoms with Gasteiger partial charge in [0.2, 0.25) is 0 Å². The van der Waals surface area contributed by atoms with Crippen LogP contribution in [0, 0.1) is 0 Å².